The van der Waals surface area contributed by atoms with Crippen molar-refractivity contribution in [3.05, 3.63) is 99.6 Å². The largest absolute Gasteiger partial charge is 0.478 e. The van der Waals surface area contributed by atoms with Crippen LogP contribution in [0.2, 0.25) is 0 Å². The Labute approximate surface area is 195 Å². The van der Waals surface area contributed by atoms with Crippen molar-refractivity contribution in [2.45, 2.75) is 25.6 Å². The minimum Gasteiger partial charge on any atom is -0.478 e. The molecule has 1 aliphatic heterocycles. The summed E-state index contributed by atoms with van der Waals surface area (Å²) in [4.78, 5) is 36.7. The zero-order valence-corrected chi connectivity index (χ0v) is 18.2. The maximum atomic E-state index is 13.1. The first-order chi connectivity index (χ1) is 16.4. The van der Waals surface area contributed by atoms with Crippen molar-refractivity contribution >= 4 is 23.2 Å². The van der Waals surface area contributed by atoms with E-state index in [0.717, 1.165) is 11.1 Å². The van der Waals surface area contributed by atoms with Gasteiger partial charge >= 0.3 is 0 Å². The molecule has 0 aliphatic carbocycles. The molecule has 4 rings (SSSR count). The van der Waals surface area contributed by atoms with E-state index in [1.165, 1.54) is 25.1 Å². The molecule has 1 fully saturated rings. The van der Waals surface area contributed by atoms with Gasteiger partial charge in [-0.1, -0.05) is 30.3 Å². The molecule has 3 aromatic rings. The molecule has 0 spiro atoms. The number of likely N-dealkylation sites (tertiary alicyclic amines) is 1. The number of carbonyl (C=O) groups is 2. The standard InChI is InChI=1S/C25H20N4O5/c1-16(30)27-20-5-2-4-18(12-20)15-28-23(19-10-8-17(14-26)9-11-19)24(25(28)31)34-22-7-3-6-21(13-22)29(32)33/h2-13,23-24H,15H2,1H3,(H,27,30)/t23-,24+/m0/s1. The van der Waals surface area contributed by atoms with Gasteiger partial charge in [-0.05, 0) is 41.5 Å². The van der Waals surface area contributed by atoms with E-state index in [4.69, 9.17) is 10.00 Å². The zero-order valence-electron chi connectivity index (χ0n) is 18.2. The van der Waals surface area contributed by atoms with Crippen LogP contribution in [-0.4, -0.2) is 27.7 Å². The SMILES string of the molecule is CC(=O)Nc1cccc(CN2C(=O)[C@H](Oc3cccc([N+](=O)[O-])c3)[C@@H]2c2ccc(C#N)cc2)c1. The fourth-order valence-electron chi connectivity index (χ4n) is 3.88. The summed E-state index contributed by atoms with van der Waals surface area (Å²) in [6, 6.07) is 21.3. The highest BCUT2D eigenvalue weighted by Gasteiger charge is 2.50. The highest BCUT2D eigenvalue weighted by atomic mass is 16.6. The number of nitrogens with one attached hydrogen (secondary N) is 1. The summed E-state index contributed by atoms with van der Waals surface area (Å²) in [6.07, 6.45) is -0.881. The Morgan fingerprint density at radius 3 is 2.56 bits per heavy atom. The Morgan fingerprint density at radius 1 is 1.15 bits per heavy atom. The van der Waals surface area contributed by atoms with Crippen molar-refractivity contribution in [1.29, 1.82) is 5.26 Å². The van der Waals surface area contributed by atoms with Gasteiger partial charge < -0.3 is 15.0 Å². The molecule has 1 heterocycles. The van der Waals surface area contributed by atoms with Gasteiger partial charge in [-0.2, -0.15) is 5.26 Å². The van der Waals surface area contributed by atoms with Crippen LogP contribution < -0.4 is 10.1 Å². The molecule has 1 aliphatic rings. The number of β-lactam (4-membered cyclic amide) rings is 1. The summed E-state index contributed by atoms with van der Waals surface area (Å²) in [5.74, 6) is -0.248. The number of anilines is 1. The minimum absolute atomic E-state index is 0.133. The summed E-state index contributed by atoms with van der Waals surface area (Å²) in [5, 5.41) is 22.9. The van der Waals surface area contributed by atoms with Crippen molar-refractivity contribution in [3.8, 4) is 11.8 Å². The lowest BCUT2D eigenvalue weighted by atomic mass is 9.89. The number of ether oxygens (including phenoxy) is 1. The number of non-ortho nitro benzene ring substituents is 1. The molecule has 0 unspecified atom stereocenters. The molecule has 2 amide bonds. The molecular weight excluding hydrogens is 436 g/mol. The van der Waals surface area contributed by atoms with Crippen molar-refractivity contribution < 1.29 is 19.2 Å². The predicted molar refractivity (Wildman–Crippen MR) is 123 cm³/mol. The molecule has 3 aromatic carbocycles. The number of nitro groups is 1. The van der Waals surface area contributed by atoms with Crippen LogP contribution in [0.4, 0.5) is 11.4 Å². The summed E-state index contributed by atoms with van der Waals surface area (Å²) in [6.45, 7) is 1.69. The van der Waals surface area contributed by atoms with Crippen LogP contribution in [0.3, 0.4) is 0 Å². The highest BCUT2D eigenvalue weighted by molar-refractivity contribution is 5.90. The van der Waals surface area contributed by atoms with E-state index >= 15 is 0 Å². The van der Waals surface area contributed by atoms with Gasteiger partial charge in [0.15, 0.2) is 0 Å². The third kappa shape index (κ3) is 4.71. The number of rotatable bonds is 7. The number of amides is 2. The molecule has 34 heavy (non-hydrogen) atoms. The quantitative estimate of drug-likeness (QED) is 0.326. The van der Waals surface area contributed by atoms with Gasteiger partial charge in [0.1, 0.15) is 11.8 Å². The Balaban J connectivity index is 1.62. The monoisotopic (exact) mass is 456 g/mol. The first kappa shape index (κ1) is 22.5. The van der Waals surface area contributed by atoms with E-state index in [9.17, 15) is 19.7 Å². The average Bonchev–Trinajstić information content (AvgIpc) is 2.83. The summed E-state index contributed by atoms with van der Waals surface area (Å²) in [7, 11) is 0. The van der Waals surface area contributed by atoms with E-state index in [0.29, 0.717) is 11.3 Å². The number of hydrogen-bond acceptors (Lipinski definition) is 6. The smallest absolute Gasteiger partial charge is 0.273 e. The number of nitrogens with zero attached hydrogens (tertiary/aromatic N) is 3. The fourth-order valence-corrected chi connectivity index (χ4v) is 3.88. The highest BCUT2D eigenvalue weighted by Crippen LogP contribution is 2.39. The van der Waals surface area contributed by atoms with Crippen LogP contribution in [0.15, 0.2) is 72.8 Å². The van der Waals surface area contributed by atoms with Gasteiger partial charge in [-0.15, -0.1) is 0 Å². The van der Waals surface area contributed by atoms with Crippen LogP contribution in [0.25, 0.3) is 0 Å². The summed E-state index contributed by atoms with van der Waals surface area (Å²) >= 11 is 0. The van der Waals surface area contributed by atoms with E-state index in [2.05, 4.69) is 11.4 Å². The molecule has 2 atom stereocenters. The number of benzene rings is 3. The normalized spacial score (nSPS) is 16.8. The van der Waals surface area contributed by atoms with Crippen LogP contribution in [0.1, 0.15) is 29.7 Å². The van der Waals surface area contributed by atoms with Crippen molar-refractivity contribution in [3.63, 3.8) is 0 Å². The van der Waals surface area contributed by atoms with Gasteiger partial charge in [0, 0.05) is 25.2 Å². The topological polar surface area (TPSA) is 126 Å². The molecule has 9 heteroatoms. The van der Waals surface area contributed by atoms with Crippen LogP contribution in [0.5, 0.6) is 5.75 Å². The third-order valence-electron chi connectivity index (χ3n) is 5.42. The maximum absolute atomic E-state index is 13.1. The zero-order chi connectivity index (χ0) is 24.2. The minimum atomic E-state index is -0.881. The molecule has 0 bridgehead atoms. The van der Waals surface area contributed by atoms with Crippen LogP contribution in [-0.2, 0) is 16.1 Å². The van der Waals surface area contributed by atoms with Crippen molar-refractivity contribution in [2.24, 2.45) is 0 Å². The Kier molecular flexibility index (Phi) is 6.23. The number of carbonyl (C=O) groups excluding carboxylic acids is 2. The lowest BCUT2D eigenvalue weighted by Gasteiger charge is -2.46. The van der Waals surface area contributed by atoms with Gasteiger partial charge in [-0.25, -0.2) is 0 Å². The molecular formula is C25H20N4O5. The molecule has 9 nitrogen and oxygen atoms in total. The van der Waals surface area contributed by atoms with Gasteiger partial charge in [0.2, 0.25) is 12.0 Å². The van der Waals surface area contributed by atoms with Gasteiger partial charge in [-0.3, -0.25) is 19.7 Å². The van der Waals surface area contributed by atoms with E-state index in [1.54, 1.807) is 53.4 Å². The first-order valence-electron chi connectivity index (χ1n) is 10.4. The Bertz CT molecular complexity index is 1300. The van der Waals surface area contributed by atoms with Crippen LogP contribution in [0, 0.1) is 21.4 Å². The molecule has 1 saturated heterocycles. The summed E-state index contributed by atoms with van der Waals surface area (Å²) in [5.41, 5.74) is 2.56. The van der Waals surface area contributed by atoms with E-state index in [1.807, 2.05) is 6.07 Å². The number of nitro benzene ring substituents is 1. The van der Waals surface area contributed by atoms with Crippen molar-refractivity contribution in [1.82, 2.24) is 4.90 Å². The third-order valence-corrected chi connectivity index (χ3v) is 5.42. The average molecular weight is 456 g/mol. The number of hydrogen-bond donors (Lipinski definition) is 1. The van der Waals surface area contributed by atoms with Gasteiger partial charge in [0.05, 0.1) is 22.6 Å². The van der Waals surface area contributed by atoms with Crippen molar-refractivity contribution in [2.75, 3.05) is 5.32 Å². The fraction of sp³-hybridized carbons (Fsp3) is 0.160. The molecule has 0 saturated carbocycles. The molecule has 1 N–H and O–H groups in total. The second-order valence-electron chi connectivity index (χ2n) is 7.82. The Hall–Kier alpha value is -4.71. The molecule has 170 valence electrons. The van der Waals surface area contributed by atoms with Crippen LogP contribution >= 0.6 is 0 Å². The maximum Gasteiger partial charge on any atom is 0.273 e. The van der Waals surface area contributed by atoms with E-state index in [-0.39, 0.29) is 29.8 Å². The lowest BCUT2D eigenvalue weighted by Crippen LogP contribution is -2.60. The lowest BCUT2D eigenvalue weighted by molar-refractivity contribution is -0.385. The predicted octanol–water partition coefficient (Wildman–Crippen LogP) is 3.96. The molecule has 0 radical (unpaired) electrons. The first-order valence-corrected chi connectivity index (χ1v) is 10.4. The Morgan fingerprint density at radius 2 is 1.88 bits per heavy atom. The second kappa shape index (κ2) is 9.42. The van der Waals surface area contributed by atoms with Gasteiger partial charge in [0.25, 0.3) is 11.6 Å². The second-order valence-corrected chi connectivity index (χ2v) is 7.82. The summed E-state index contributed by atoms with van der Waals surface area (Å²) < 4.78 is 5.90. The van der Waals surface area contributed by atoms with E-state index < -0.39 is 17.1 Å². The molecule has 0 aromatic heterocycles. The number of nitriles is 1.